The van der Waals surface area contributed by atoms with Crippen LogP contribution >= 0.6 is 23.4 Å². The zero-order valence-electron chi connectivity index (χ0n) is 11.3. The van der Waals surface area contributed by atoms with Gasteiger partial charge in [0.15, 0.2) is 0 Å². The summed E-state index contributed by atoms with van der Waals surface area (Å²) in [6.07, 6.45) is 4.12. The molecule has 1 aromatic rings. The molecule has 2 heterocycles. The summed E-state index contributed by atoms with van der Waals surface area (Å²) in [7, 11) is 0. The smallest absolute Gasteiger partial charge is 0.147 e. The summed E-state index contributed by atoms with van der Waals surface area (Å²) in [4.78, 5) is 0. The standard InChI is InChI=1S/C15H19ClFNOS/c16-11-1-2-14(13(17)9-11)18-12-3-6-19-15(10-12)4-7-20-8-5-15/h1-2,9,12,18H,3-8,10H2. The number of rotatable bonds is 2. The van der Waals surface area contributed by atoms with Crippen LogP contribution in [-0.4, -0.2) is 29.8 Å². The number of hydrogen-bond donors (Lipinski definition) is 1. The first-order chi connectivity index (χ1) is 9.67. The van der Waals surface area contributed by atoms with Gasteiger partial charge in [0.1, 0.15) is 5.82 Å². The number of halogens is 2. The number of benzene rings is 1. The maximum atomic E-state index is 13.9. The first kappa shape index (κ1) is 14.5. The maximum Gasteiger partial charge on any atom is 0.147 e. The highest BCUT2D eigenvalue weighted by Gasteiger charge is 2.38. The van der Waals surface area contributed by atoms with E-state index in [1.54, 1.807) is 12.1 Å². The van der Waals surface area contributed by atoms with E-state index < -0.39 is 0 Å². The minimum absolute atomic E-state index is 0.0179. The molecule has 3 rings (SSSR count). The Morgan fingerprint density at radius 3 is 2.90 bits per heavy atom. The van der Waals surface area contributed by atoms with Crippen molar-refractivity contribution < 1.29 is 9.13 Å². The lowest BCUT2D eigenvalue weighted by Crippen LogP contribution is -2.46. The molecule has 2 nitrogen and oxygen atoms in total. The summed E-state index contributed by atoms with van der Waals surface area (Å²) in [5, 5.41) is 3.76. The predicted molar refractivity (Wildman–Crippen MR) is 83.3 cm³/mol. The van der Waals surface area contributed by atoms with Crippen molar-refractivity contribution in [1.82, 2.24) is 0 Å². The molecule has 2 saturated heterocycles. The van der Waals surface area contributed by atoms with E-state index in [0.29, 0.717) is 10.7 Å². The van der Waals surface area contributed by atoms with E-state index in [9.17, 15) is 4.39 Å². The first-order valence-electron chi connectivity index (χ1n) is 7.10. The van der Waals surface area contributed by atoms with E-state index in [1.807, 2.05) is 11.8 Å². The first-order valence-corrected chi connectivity index (χ1v) is 8.63. The lowest BCUT2D eigenvalue weighted by Gasteiger charge is -2.43. The molecule has 0 saturated carbocycles. The summed E-state index contributed by atoms with van der Waals surface area (Å²) in [6.45, 7) is 0.761. The second-order valence-corrected chi connectivity index (χ2v) is 7.26. The fraction of sp³-hybridized carbons (Fsp3) is 0.600. The molecule has 1 N–H and O–H groups in total. The Morgan fingerprint density at radius 2 is 2.15 bits per heavy atom. The minimum atomic E-state index is -0.280. The average Bonchev–Trinajstić information content (AvgIpc) is 2.43. The topological polar surface area (TPSA) is 21.3 Å². The molecule has 2 aliphatic rings. The van der Waals surface area contributed by atoms with Crippen LogP contribution in [0.15, 0.2) is 18.2 Å². The molecule has 1 unspecified atom stereocenters. The fourth-order valence-corrected chi connectivity index (χ4v) is 4.46. The third-order valence-corrected chi connectivity index (χ3v) is 5.41. The van der Waals surface area contributed by atoms with Gasteiger partial charge >= 0.3 is 0 Å². The van der Waals surface area contributed by atoms with Crippen LogP contribution in [0.5, 0.6) is 0 Å². The molecule has 0 bridgehead atoms. The van der Waals surface area contributed by atoms with Crippen LogP contribution < -0.4 is 5.32 Å². The van der Waals surface area contributed by atoms with Gasteiger partial charge in [0.05, 0.1) is 11.3 Å². The second kappa shape index (κ2) is 6.12. The maximum absolute atomic E-state index is 13.9. The number of thioether (sulfide) groups is 1. The summed E-state index contributed by atoms with van der Waals surface area (Å²) in [5.74, 6) is 2.06. The number of anilines is 1. The van der Waals surface area contributed by atoms with Gasteiger partial charge in [-0.15, -0.1) is 0 Å². The molecular weight excluding hydrogens is 297 g/mol. The molecule has 2 aliphatic heterocycles. The van der Waals surface area contributed by atoms with Crippen LogP contribution in [0.2, 0.25) is 5.02 Å². The molecule has 0 aliphatic carbocycles. The molecule has 5 heteroatoms. The van der Waals surface area contributed by atoms with E-state index in [-0.39, 0.29) is 17.5 Å². The van der Waals surface area contributed by atoms with Crippen molar-refractivity contribution in [3.63, 3.8) is 0 Å². The van der Waals surface area contributed by atoms with E-state index in [4.69, 9.17) is 16.3 Å². The normalized spacial score (nSPS) is 25.6. The van der Waals surface area contributed by atoms with Gasteiger partial charge in [0, 0.05) is 17.7 Å². The van der Waals surface area contributed by atoms with Gasteiger partial charge in [-0.1, -0.05) is 11.6 Å². The third-order valence-electron chi connectivity index (χ3n) is 4.19. The van der Waals surface area contributed by atoms with Crippen molar-refractivity contribution in [2.45, 2.75) is 37.3 Å². The zero-order chi connectivity index (χ0) is 14.0. The van der Waals surface area contributed by atoms with Crippen molar-refractivity contribution >= 4 is 29.1 Å². The molecule has 20 heavy (non-hydrogen) atoms. The van der Waals surface area contributed by atoms with Crippen LogP contribution in [0.25, 0.3) is 0 Å². The van der Waals surface area contributed by atoms with Crippen molar-refractivity contribution in [3.8, 4) is 0 Å². The largest absolute Gasteiger partial charge is 0.380 e. The van der Waals surface area contributed by atoms with E-state index >= 15 is 0 Å². The summed E-state index contributed by atoms with van der Waals surface area (Å²) in [5.41, 5.74) is 0.561. The van der Waals surface area contributed by atoms with Crippen molar-refractivity contribution in [2.24, 2.45) is 0 Å². The SMILES string of the molecule is Fc1cc(Cl)ccc1NC1CCOC2(CCSCC2)C1. The van der Waals surface area contributed by atoms with Gasteiger partial charge in [-0.25, -0.2) is 4.39 Å². The number of nitrogens with one attached hydrogen (secondary N) is 1. The molecule has 0 amide bonds. The summed E-state index contributed by atoms with van der Waals surface area (Å²) in [6, 6.07) is 5.08. The van der Waals surface area contributed by atoms with Gasteiger partial charge in [0.25, 0.3) is 0 Å². The van der Waals surface area contributed by atoms with Gasteiger partial charge in [-0.2, -0.15) is 11.8 Å². The van der Waals surface area contributed by atoms with Crippen LogP contribution in [0.4, 0.5) is 10.1 Å². The van der Waals surface area contributed by atoms with Crippen molar-refractivity contribution in [3.05, 3.63) is 29.0 Å². The van der Waals surface area contributed by atoms with Crippen LogP contribution in [0, 0.1) is 5.82 Å². The second-order valence-electron chi connectivity index (χ2n) is 5.60. The van der Waals surface area contributed by atoms with Crippen molar-refractivity contribution in [2.75, 3.05) is 23.4 Å². The molecular formula is C15H19ClFNOS. The number of hydrogen-bond acceptors (Lipinski definition) is 3. The molecule has 110 valence electrons. The van der Waals surface area contributed by atoms with Crippen molar-refractivity contribution in [1.29, 1.82) is 0 Å². The van der Waals surface area contributed by atoms with Gasteiger partial charge < -0.3 is 10.1 Å². The fourth-order valence-electron chi connectivity index (χ4n) is 3.07. The van der Waals surface area contributed by atoms with E-state index in [1.165, 1.54) is 17.6 Å². The lowest BCUT2D eigenvalue weighted by molar-refractivity contribution is -0.0865. The van der Waals surface area contributed by atoms with E-state index in [0.717, 1.165) is 32.3 Å². The van der Waals surface area contributed by atoms with Crippen LogP contribution in [0.3, 0.4) is 0 Å². The Kier molecular flexibility index (Phi) is 4.43. The summed E-state index contributed by atoms with van der Waals surface area (Å²) < 4.78 is 19.9. The highest BCUT2D eigenvalue weighted by atomic mass is 35.5. The van der Waals surface area contributed by atoms with Crippen LogP contribution in [-0.2, 0) is 4.74 Å². The zero-order valence-corrected chi connectivity index (χ0v) is 12.9. The predicted octanol–water partition coefficient (Wildman–Crippen LogP) is 4.34. The summed E-state index contributed by atoms with van der Waals surface area (Å²) >= 11 is 7.78. The Balaban J connectivity index is 1.68. The molecule has 0 radical (unpaired) electrons. The molecule has 1 aromatic carbocycles. The molecule has 2 fully saturated rings. The van der Waals surface area contributed by atoms with Gasteiger partial charge in [-0.05, 0) is 55.4 Å². The Hall–Kier alpha value is -0.450. The third kappa shape index (κ3) is 3.23. The minimum Gasteiger partial charge on any atom is -0.380 e. The quantitative estimate of drug-likeness (QED) is 0.877. The molecule has 1 atom stereocenters. The average molecular weight is 316 g/mol. The highest BCUT2D eigenvalue weighted by Crippen LogP contribution is 2.38. The van der Waals surface area contributed by atoms with Gasteiger partial charge in [-0.3, -0.25) is 0 Å². The molecule has 0 aromatic heterocycles. The highest BCUT2D eigenvalue weighted by molar-refractivity contribution is 7.99. The monoisotopic (exact) mass is 315 g/mol. The van der Waals surface area contributed by atoms with Crippen LogP contribution in [0.1, 0.15) is 25.7 Å². The van der Waals surface area contributed by atoms with E-state index in [2.05, 4.69) is 5.32 Å². The Labute approximate surface area is 128 Å². The molecule has 1 spiro atoms. The Bertz CT molecular complexity index is 473. The Morgan fingerprint density at radius 1 is 1.35 bits per heavy atom. The number of ether oxygens (including phenoxy) is 1. The van der Waals surface area contributed by atoms with Gasteiger partial charge in [0.2, 0.25) is 0 Å². The lowest BCUT2D eigenvalue weighted by atomic mass is 9.85.